The molecule has 0 spiro atoms. The van der Waals surface area contributed by atoms with Crippen molar-refractivity contribution >= 4 is 12.2 Å². The summed E-state index contributed by atoms with van der Waals surface area (Å²) in [7, 11) is 1.00. The van der Waals surface area contributed by atoms with E-state index < -0.39 is 5.91 Å². The van der Waals surface area contributed by atoms with Crippen molar-refractivity contribution in [1.29, 1.82) is 0 Å². The fourth-order valence-electron chi connectivity index (χ4n) is 0.201. The Balaban J connectivity index is 0. The van der Waals surface area contributed by atoms with E-state index in [9.17, 15) is 9.59 Å². The first-order chi connectivity index (χ1) is 4.27. The van der Waals surface area contributed by atoms with Crippen LogP contribution in [0, 0.1) is 0 Å². The zero-order chi connectivity index (χ0) is 7.70. The molecule has 0 heterocycles. The first-order valence-electron chi connectivity index (χ1n) is 2.44. The fourth-order valence-corrected chi connectivity index (χ4v) is 0.201. The summed E-state index contributed by atoms with van der Waals surface area (Å²) in [4.78, 5) is 19.3. The van der Waals surface area contributed by atoms with Gasteiger partial charge in [0.2, 0.25) is 5.91 Å². The van der Waals surface area contributed by atoms with Gasteiger partial charge in [0.1, 0.15) is 6.29 Å². The molecule has 0 aromatic heterocycles. The highest BCUT2D eigenvalue weighted by molar-refractivity contribution is 5.76. The van der Waals surface area contributed by atoms with Gasteiger partial charge in [-0.05, 0) is 0 Å². The molecule has 0 aromatic rings. The van der Waals surface area contributed by atoms with Gasteiger partial charge >= 0.3 is 0 Å². The zero-order valence-electron chi connectivity index (χ0n) is 5.33. The first-order valence-corrected chi connectivity index (χ1v) is 2.44. The third-order valence-electron chi connectivity index (χ3n) is 0.509. The fraction of sp³-hybridized carbons (Fsp3) is 0.600. The lowest BCUT2D eigenvalue weighted by atomic mass is 10.3. The summed E-state index contributed by atoms with van der Waals surface area (Å²) in [6, 6.07) is 0. The van der Waals surface area contributed by atoms with Gasteiger partial charge in [0.15, 0.2) is 0 Å². The molecule has 54 valence electrons. The highest BCUT2D eigenvalue weighted by atomic mass is 16.2. The summed E-state index contributed by atoms with van der Waals surface area (Å²) >= 11 is 0. The summed E-state index contributed by atoms with van der Waals surface area (Å²) in [5.74, 6) is -0.424. The molecule has 0 aliphatic rings. The third kappa shape index (κ3) is 19.2. The van der Waals surface area contributed by atoms with Gasteiger partial charge in [-0.25, -0.2) is 0 Å². The summed E-state index contributed by atoms with van der Waals surface area (Å²) < 4.78 is 0. The lowest BCUT2D eigenvalue weighted by Gasteiger charge is -1.81. The van der Waals surface area contributed by atoms with Gasteiger partial charge in [-0.1, -0.05) is 0 Å². The molecule has 0 saturated carbocycles. The number of carbonyl (C=O) groups excluding carboxylic acids is 2. The Morgan fingerprint density at radius 1 is 1.67 bits per heavy atom. The Kier molecular flexibility index (Phi) is 12.4. The lowest BCUT2D eigenvalue weighted by molar-refractivity contribution is -0.119. The Morgan fingerprint density at radius 3 is 2.22 bits per heavy atom. The predicted molar refractivity (Wildman–Crippen MR) is 32.6 cm³/mol. The number of aliphatic hydroxyl groups is 1. The second-order valence-corrected chi connectivity index (χ2v) is 1.17. The highest BCUT2D eigenvalue weighted by Gasteiger charge is 1.88. The van der Waals surface area contributed by atoms with Crippen LogP contribution in [0.4, 0.5) is 0 Å². The number of aliphatic hydroxyl groups excluding tert-OH is 1. The number of carbonyl (C=O) groups is 2. The molecule has 4 heteroatoms. The van der Waals surface area contributed by atoms with E-state index >= 15 is 0 Å². The molecule has 1 amide bonds. The monoisotopic (exact) mass is 133 g/mol. The summed E-state index contributed by atoms with van der Waals surface area (Å²) in [5.41, 5.74) is 4.68. The van der Waals surface area contributed by atoms with Gasteiger partial charge in [-0.3, -0.25) is 4.79 Å². The summed E-state index contributed by atoms with van der Waals surface area (Å²) in [5, 5.41) is 7.00. The number of aldehydes is 1. The summed E-state index contributed by atoms with van der Waals surface area (Å²) in [6.45, 7) is 0. The van der Waals surface area contributed by atoms with Crippen molar-refractivity contribution in [3.8, 4) is 0 Å². The molecule has 0 radical (unpaired) electrons. The van der Waals surface area contributed by atoms with Crippen LogP contribution < -0.4 is 5.73 Å². The number of primary amides is 1. The Labute approximate surface area is 53.7 Å². The average molecular weight is 133 g/mol. The smallest absolute Gasteiger partial charge is 0.217 e. The Hall–Kier alpha value is -0.900. The van der Waals surface area contributed by atoms with E-state index in [2.05, 4.69) is 5.73 Å². The van der Waals surface area contributed by atoms with Crippen LogP contribution >= 0.6 is 0 Å². The first kappa shape index (κ1) is 11.0. The van der Waals surface area contributed by atoms with Gasteiger partial charge in [0.25, 0.3) is 0 Å². The second kappa shape index (κ2) is 10.2. The zero-order valence-corrected chi connectivity index (χ0v) is 5.33. The van der Waals surface area contributed by atoms with Crippen LogP contribution in [0.2, 0.25) is 0 Å². The van der Waals surface area contributed by atoms with Gasteiger partial charge in [-0.2, -0.15) is 0 Å². The SMILES string of the molecule is CO.NC(=O)CCC=O. The van der Waals surface area contributed by atoms with Crippen molar-refractivity contribution in [3.63, 3.8) is 0 Å². The number of nitrogens with two attached hydrogens (primary N) is 1. The van der Waals surface area contributed by atoms with E-state index in [4.69, 9.17) is 5.11 Å². The molecule has 0 rings (SSSR count). The van der Waals surface area contributed by atoms with E-state index in [-0.39, 0.29) is 12.8 Å². The molecule has 4 nitrogen and oxygen atoms in total. The van der Waals surface area contributed by atoms with Gasteiger partial charge < -0.3 is 15.6 Å². The van der Waals surface area contributed by atoms with Crippen LogP contribution in [-0.4, -0.2) is 24.4 Å². The maximum Gasteiger partial charge on any atom is 0.217 e. The molecular formula is C5H11NO3. The van der Waals surface area contributed by atoms with Crippen molar-refractivity contribution < 1.29 is 14.7 Å². The minimum Gasteiger partial charge on any atom is -0.400 e. The molecule has 0 aliphatic carbocycles. The summed E-state index contributed by atoms with van der Waals surface area (Å²) in [6.07, 6.45) is 1.09. The molecule has 0 unspecified atom stereocenters. The van der Waals surface area contributed by atoms with Crippen LogP contribution in [0.25, 0.3) is 0 Å². The quantitative estimate of drug-likeness (QED) is 0.487. The molecule has 0 aromatic carbocycles. The molecule has 0 atom stereocenters. The van der Waals surface area contributed by atoms with E-state index in [0.717, 1.165) is 7.11 Å². The molecule has 9 heavy (non-hydrogen) atoms. The van der Waals surface area contributed by atoms with Crippen molar-refractivity contribution in [1.82, 2.24) is 0 Å². The van der Waals surface area contributed by atoms with Crippen LogP contribution in [0.1, 0.15) is 12.8 Å². The maximum atomic E-state index is 9.82. The van der Waals surface area contributed by atoms with Crippen LogP contribution in [-0.2, 0) is 9.59 Å². The Bertz CT molecular complexity index is 82.3. The largest absolute Gasteiger partial charge is 0.400 e. The second-order valence-electron chi connectivity index (χ2n) is 1.17. The lowest BCUT2D eigenvalue weighted by Crippen LogP contribution is -2.09. The van der Waals surface area contributed by atoms with Crippen molar-refractivity contribution in [2.45, 2.75) is 12.8 Å². The molecule has 0 aliphatic heterocycles. The average Bonchev–Trinajstić information content (AvgIpc) is 1.88. The van der Waals surface area contributed by atoms with Crippen LogP contribution in [0.15, 0.2) is 0 Å². The van der Waals surface area contributed by atoms with Crippen LogP contribution in [0.5, 0.6) is 0 Å². The van der Waals surface area contributed by atoms with E-state index in [0.29, 0.717) is 6.29 Å². The Morgan fingerprint density at radius 2 is 2.11 bits per heavy atom. The molecule has 0 bridgehead atoms. The minimum absolute atomic E-state index is 0.170. The molecular weight excluding hydrogens is 122 g/mol. The molecule has 0 saturated heterocycles. The number of amides is 1. The van der Waals surface area contributed by atoms with Crippen LogP contribution in [0.3, 0.4) is 0 Å². The van der Waals surface area contributed by atoms with Crippen molar-refractivity contribution in [2.24, 2.45) is 5.73 Å². The minimum atomic E-state index is -0.424. The highest BCUT2D eigenvalue weighted by Crippen LogP contribution is 1.78. The van der Waals surface area contributed by atoms with Crippen molar-refractivity contribution in [3.05, 3.63) is 0 Å². The van der Waals surface area contributed by atoms with E-state index in [1.54, 1.807) is 0 Å². The van der Waals surface area contributed by atoms with Gasteiger partial charge in [-0.15, -0.1) is 0 Å². The topological polar surface area (TPSA) is 80.4 Å². The van der Waals surface area contributed by atoms with Gasteiger partial charge in [0, 0.05) is 20.0 Å². The molecule has 0 fully saturated rings. The van der Waals surface area contributed by atoms with Crippen molar-refractivity contribution in [2.75, 3.05) is 7.11 Å². The van der Waals surface area contributed by atoms with E-state index in [1.165, 1.54) is 0 Å². The molecule has 3 N–H and O–H groups in total. The van der Waals surface area contributed by atoms with E-state index in [1.807, 2.05) is 0 Å². The third-order valence-corrected chi connectivity index (χ3v) is 0.509. The predicted octanol–water partition coefficient (Wildman–Crippen LogP) is -0.941. The number of hydrogen-bond acceptors (Lipinski definition) is 3. The number of hydrogen-bond donors (Lipinski definition) is 2. The standard InChI is InChI=1S/C4H7NO2.CH4O/c5-4(7)2-1-3-6;1-2/h3H,1-2H2,(H2,5,7);2H,1H3. The number of rotatable bonds is 3. The van der Waals surface area contributed by atoms with Gasteiger partial charge in [0.05, 0.1) is 0 Å². The normalized spacial score (nSPS) is 6.89. The maximum absolute atomic E-state index is 9.82.